The van der Waals surface area contributed by atoms with Gasteiger partial charge in [-0.25, -0.2) is 0 Å². The number of hydrogen-bond acceptors (Lipinski definition) is 0. The molecular weight excluding hydrogens is 132 g/mol. The molecule has 0 bridgehead atoms. The maximum absolute atomic E-state index is 3.00. The van der Waals surface area contributed by atoms with Crippen LogP contribution in [0.4, 0.5) is 0 Å². The molecule has 0 heteroatoms. The Morgan fingerprint density at radius 1 is 1.18 bits per heavy atom. The average Bonchev–Trinajstić information content (AvgIpc) is 2.09. The largest absolute Gasteiger partial charge is 0.106 e. The highest BCUT2D eigenvalue weighted by Crippen LogP contribution is 2.06. The van der Waals surface area contributed by atoms with Gasteiger partial charge in [0.1, 0.15) is 0 Å². The highest BCUT2D eigenvalue weighted by Gasteiger charge is 1.89. The van der Waals surface area contributed by atoms with Gasteiger partial charge in [0, 0.05) is 0 Å². The predicted octanol–water partition coefficient (Wildman–Crippen LogP) is 3.36. The van der Waals surface area contributed by atoms with Crippen LogP contribution < -0.4 is 0 Å². The molecule has 60 valence electrons. The van der Waals surface area contributed by atoms with Crippen LogP contribution in [0.5, 0.6) is 0 Å². The molecule has 0 spiro atoms. The monoisotopic (exact) mass is 148 g/mol. The Balaban J connectivity index is 0.000000461. The predicted molar refractivity (Wildman–Crippen MR) is 51.8 cm³/mol. The van der Waals surface area contributed by atoms with E-state index >= 15 is 0 Å². The number of benzene rings is 1. The topological polar surface area (TPSA) is 0 Å². The lowest BCUT2D eigenvalue weighted by Gasteiger charge is -1.98. The standard InChI is InChI=1S/C9H12.C2H4/c1-3-9-7-5-4-6-8(9)2;1-2/h4-7H,3H2,1-2H3;1-2H2. The van der Waals surface area contributed by atoms with Gasteiger partial charge < -0.3 is 0 Å². The smallest absolute Gasteiger partial charge is 0.0305 e. The summed E-state index contributed by atoms with van der Waals surface area (Å²) in [7, 11) is 0. The lowest BCUT2D eigenvalue weighted by atomic mass is 10.1. The second-order valence-electron chi connectivity index (χ2n) is 2.28. The number of hydrogen-bond donors (Lipinski definition) is 0. The zero-order chi connectivity index (χ0) is 8.69. The molecule has 0 nitrogen and oxygen atoms in total. The third kappa shape index (κ3) is 3.03. The van der Waals surface area contributed by atoms with Crippen molar-refractivity contribution in [3.05, 3.63) is 48.6 Å². The fourth-order valence-corrected chi connectivity index (χ4v) is 1.01. The molecule has 0 saturated carbocycles. The first-order valence-corrected chi connectivity index (χ1v) is 3.89. The van der Waals surface area contributed by atoms with Crippen molar-refractivity contribution in [3.63, 3.8) is 0 Å². The Morgan fingerprint density at radius 2 is 1.73 bits per heavy atom. The van der Waals surface area contributed by atoms with E-state index in [1.54, 1.807) is 0 Å². The zero-order valence-electron chi connectivity index (χ0n) is 7.43. The van der Waals surface area contributed by atoms with Gasteiger partial charge in [0.15, 0.2) is 0 Å². The first kappa shape index (κ1) is 9.96. The van der Waals surface area contributed by atoms with E-state index in [2.05, 4.69) is 51.3 Å². The minimum Gasteiger partial charge on any atom is -0.106 e. The van der Waals surface area contributed by atoms with Crippen LogP contribution in [0.15, 0.2) is 37.4 Å². The van der Waals surface area contributed by atoms with Gasteiger partial charge in [0.2, 0.25) is 0 Å². The Bertz CT molecular complexity index is 201. The molecule has 11 heavy (non-hydrogen) atoms. The molecule has 0 unspecified atom stereocenters. The number of aryl methyl sites for hydroxylation is 2. The quantitative estimate of drug-likeness (QED) is 0.536. The molecular formula is C11H16. The van der Waals surface area contributed by atoms with E-state index in [0.717, 1.165) is 6.42 Å². The molecule has 1 aromatic carbocycles. The molecule has 0 aliphatic rings. The molecule has 1 rings (SSSR count). The van der Waals surface area contributed by atoms with Crippen molar-refractivity contribution in [2.75, 3.05) is 0 Å². The van der Waals surface area contributed by atoms with Crippen LogP contribution in [0.1, 0.15) is 18.1 Å². The first-order chi connectivity index (χ1) is 5.34. The van der Waals surface area contributed by atoms with Crippen molar-refractivity contribution >= 4 is 0 Å². The van der Waals surface area contributed by atoms with Gasteiger partial charge in [-0.05, 0) is 24.5 Å². The second kappa shape index (κ2) is 5.72. The highest BCUT2D eigenvalue weighted by atomic mass is 13.9. The fourth-order valence-electron chi connectivity index (χ4n) is 1.01. The van der Waals surface area contributed by atoms with Gasteiger partial charge in [-0.15, -0.1) is 13.2 Å². The normalized spacial score (nSPS) is 8.18. The second-order valence-corrected chi connectivity index (χ2v) is 2.28. The Kier molecular flexibility index (Phi) is 5.18. The average molecular weight is 148 g/mol. The molecule has 0 amide bonds. The van der Waals surface area contributed by atoms with Crippen LogP contribution in [0.25, 0.3) is 0 Å². The van der Waals surface area contributed by atoms with Crippen molar-refractivity contribution in [1.29, 1.82) is 0 Å². The maximum Gasteiger partial charge on any atom is -0.0305 e. The third-order valence-electron chi connectivity index (χ3n) is 1.64. The number of rotatable bonds is 1. The van der Waals surface area contributed by atoms with E-state index in [1.165, 1.54) is 11.1 Å². The van der Waals surface area contributed by atoms with Gasteiger partial charge >= 0.3 is 0 Å². The minimum atomic E-state index is 1.15. The van der Waals surface area contributed by atoms with Gasteiger partial charge in [0.25, 0.3) is 0 Å². The van der Waals surface area contributed by atoms with Crippen molar-refractivity contribution in [2.24, 2.45) is 0 Å². The first-order valence-electron chi connectivity index (χ1n) is 3.89. The lowest BCUT2D eigenvalue weighted by Crippen LogP contribution is -1.82. The molecule has 0 radical (unpaired) electrons. The van der Waals surface area contributed by atoms with E-state index in [1.807, 2.05) is 0 Å². The molecule has 0 atom stereocenters. The summed E-state index contributed by atoms with van der Waals surface area (Å²) < 4.78 is 0. The van der Waals surface area contributed by atoms with Gasteiger partial charge in [-0.1, -0.05) is 31.2 Å². The van der Waals surface area contributed by atoms with E-state index in [-0.39, 0.29) is 0 Å². The highest BCUT2D eigenvalue weighted by molar-refractivity contribution is 5.24. The Labute approximate surface area is 69.6 Å². The van der Waals surface area contributed by atoms with Crippen LogP contribution in [-0.2, 0) is 6.42 Å². The summed E-state index contributed by atoms with van der Waals surface area (Å²) in [5.74, 6) is 0. The third-order valence-corrected chi connectivity index (χ3v) is 1.64. The Morgan fingerprint density at radius 3 is 2.09 bits per heavy atom. The van der Waals surface area contributed by atoms with Crippen LogP contribution >= 0.6 is 0 Å². The van der Waals surface area contributed by atoms with Crippen molar-refractivity contribution < 1.29 is 0 Å². The summed E-state index contributed by atoms with van der Waals surface area (Å²) in [6.07, 6.45) is 1.15. The van der Waals surface area contributed by atoms with E-state index in [0.29, 0.717) is 0 Å². The van der Waals surface area contributed by atoms with Crippen LogP contribution in [0.2, 0.25) is 0 Å². The maximum atomic E-state index is 3.00. The molecule has 0 fully saturated rings. The molecule has 0 heterocycles. The van der Waals surface area contributed by atoms with Crippen LogP contribution in [0, 0.1) is 6.92 Å². The Hall–Kier alpha value is -1.04. The SMILES string of the molecule is C=C.CCc1ccccc1C. The summed E-state index contributed by atoms with van der Waals surface area (Å²) in [6, 6.07) is 8.49. The fraction of sp³-hybridized carbons (Fsp3) is 0.273. The molecule has 0 aliphatic heterocycles. The van der Waals surface area contributed by atoms with Crippen molar-refractivity contribution in [2.45, 2.75) is 20.3 Å². The van der Waals surface area contributed by atoms with Gasteiger partial charge in [-0.2, -0.15) is 0 Å². The summed E-state index contributed by atoms with van der Waals surface area (Å²) in [4.78, 5) is 0. The van der Waals surface area contributed by atoms with Crippen molar-refractivity contribution in [3.8, 4) is 0 Å². The molecule has 0 N–H and O–H groups in total. The van der Waals surface area contributed by atoms with E-state index in [9.17, 15) is 0 Å². The van der Waals surface area contributed by atoms with E-state index < -0.39 is 0 Å². The van der Waals surface area contributed by atoms with Crippen LogP contribution in [-0.4, -0.2) is 0 Å². The minimum absolute atomic E-state index is 1.15. The summed E-state index contributed by atoms with van der Waals surface area (Å²) in [5.41, 5.74) is 2.86. The molecule has 0 aliphatic carbocycles. The van der Waals surface area contributed by atoms with E-state index in [4.69, 9.17) is 0 Å². The summed E-state index contributed by atoms with van der Waals surface area (Å²) >= 11 is 0. The zero-order valence-corrected chi connectivity index (χ0v) is 7.43. The van der Waals surface area contributed by atoms with Gasteiger partial charge in [-0.3, -0.25) is 0 Å². The van der Waals surface area contributed by atoms with Crippen LogP contribution in [0.3, 0.4) is 0 Å². The summed E-state index contributed by atoms with van der Waals surface area (Å²) in [5, 5.41) is 0. The van der Waals surface area contributed by atoms with Gasteiger partial charge in [0.05, 0.1) is 0 Å². The van der Waals surface area contributed by atoms with Crippen molar-refractivity contribution in [1.82, 2.24) is 0 Å². The lowest BCUT2D eigenvalue weighted by molar-refractivity contribution is 1.11. The molecule has 0 saturated heterocycles. The summed E-state index contributed by atoms with van der Waals surface area (Å²) in [6.45, 7) is 10.3. The molecule has 0 aromatic heterocycles. The molecule has 1 aromatic rings.